The van der Waals surface area contributed by atoms with Crippen molar-refractivity contribution in [2.24, 2.45) is 11.7 Å². The van der Waals surface area contributed by atoms with Crippen molar-refractivity contribution >= 4 is 11.6 Å². The maximum atomic E-state index is 11.9. The molecular weight excluding hydrogens is 212 g/mol. The van der Waals surface area contributed by atoms with Crippen LogP contribution in [0.25, 0.3) is 0 Å². The van der Waals surface area contributed by atoms with Gasteiger partial charge >= 0.3 is 0 Å². The first-order valence-corrected chi connectivity index (χ1v) is 6.20. The second-order valence-electron chi connectivity index (χ2n) is 5.02. The minimum Gasteiger partial charge on any atom is -0.324 e. The average Bonchev–Trinajstić information content (AvgIpc) is 3.08. The molecule has 1 amide bonds. The minimum absolute atomic E-state index is 0.0643. The predicted molar refractivity (Wildman–Crippen MR) is 69.9 cm³/mol. The lowest BCUT2D eigenvalue weighted by Crippen LogP contribution is -2.36. The van der Waals surface area contributed by atoms with Crippen LogP contribution in [0.5, 0.6) is 0 Å². The van der Waals surface area contributed by atoms with E-state index in [2.05, 4.69) is 5.32 Å². The monoisotopic (exact) mass is 232 g/mol. The zero-order valence-corrected chi connectivity index (χ0v) is 10.5. The van der Waals surface area contributed by atoms with Gasteiger partial charge in [-0.1, -0.05) is 25.0 Å². The predicted octanol–water partition coefficient (Wildman–Crippen LogP) is 2.37. The van der Waals surface area contributed by atoms with Gasteiger partial charge in [-0.2, -0.15) is 0 Å². The third kappa shape index (κ3) is 3.07. The fourth-order valence-corrected chi connectivity index (χ4v) is 1.93. The minimum atomic E-state index is -0.373. The van der Waals surface area contributed by atoms with Gasteiger partial charge in [-0.3, -0.25) is 4.79 Å². The number of rotatable bonds is 4. The molecule has 92 valence electrons. The van der Waals surface area contributed by atoms with Gasteiger partial charge in [0.1, 0.15) is 0 Å². The van der Waals surface area contributed by atoms with E-state index in [1.807, 2.05) is 32.0 Å². The van der Waals surface area contributed by atoms with Gasteiger partial charge in [-0.05, 0) is 43.4 Å². The van der Waals surface area contributed by atoms with E-state index in [0.29, 0.717) is 5.92 Å². The molecule has 0 saturated heterocycles. The molecule has 3 N–H and O–H groups in total. The number of nitrogens with two attached hydrogens (primary N) is 1. The van der Waals surface area contributed by atoms with Gasteiger partial charge in [0.15, 0.2) is 0 Å². The Kier molecular flexibility index (Phi) is 3.48. The maximum Gasteiger partial charge on any atom is 0.241 e. The number of hydrogen-bond acceptors (Lipinski definition) is 2. The van der Waals surface area contributed by atoms with Gasteiger partial charge in [-0.25, -0.2) is 0 Å². The lowest BCUT2D eigenvalue weighted by molar-refractivity contribution is -0.117. The molecule has 1 aromatic carbocycles. The largest absolute Gasteiger partial charge is 0.324 e. The van der Waals surface area contributed by atoms with E-state index in [1.54, 1.807) is 0 Å². The topological polar surface area (TPSA) is 55.1 Å². The molecule has 1 unspecified atom stereocenters. The third-order valence-electron chi connectivity index (χ3n) is 3.48. The SMILES string of the molecule is Cc1cccc(NC(=O)C(N)CC2CC2)c1C. The number of aryl methyl sites for hydroxylation is 1. The van der Waals surface area contributed by atoms with Crippen LogP contribution in [0.3, 0.4) is 0 Å². The summed E-state index contributed by atoms with van der Waals surface area (Å²) in [5, 5.41) is 2.92. The van der Waals surface area contributed by atoms with E-state index < -0.39 is 0 Å². The summed E-state index contributed by atoms with van der Waals surface area (Å²) in [6, 6.07) is 5.53. The standard InChI is InChI=1S/C14H20N2O/c1-9-4-3-5-13(10(9)2)16-14(17)12(15)8-11-6-7-11/h3-5,11-12H,6-8,15H2,1-2H3,(H,16,17). The molecule has 1 fully saturated rings. The molecule has 1 aliphatic rings. The van der Waals surface area contributed by atoms with Crippen molar-refractivity contribution in [1.82, 2.24) is 0 Å². The Morgan fingerprint density at radius 3 is 2.82 bits per heavy atom. The van der Waals surface area contributed by atoms with Crippen LogP contribution in [0, 0.1) is 19.8 Å². The van der Waals surface area contributed by atoms with Crippen LogP contribution in [-0.4, -0.2) is 11.9 Å². The molecule has 0 aliphatic heterocycles. The Hall–Kier alpha value is -1.35. The molecule has 1 saturated carbocycles. The highest BCUT2D eigenvalue weighted by Gasteiger charge is 2.27. The van der Waals surface area contributed by atoms with Crippen molar-refractivity contribution in [3.8, 4) is 0 Å². The van der Waals surface area contributed by atoms with Gasteiger partial charge in [0.25, 0.3) is 0 Å². The molecule has 0 aromatic heterocycles. The molecule has 1 aliphatic carbocycles. The van der Waals surface area contributed by atoms with Crippen LogP contribution in [-0.2, 0) is 4.79 Å². The van der Waals surface area contributed by atoms with Gasteiger partial charge in [0.05, 0.1) is 6.04 Å². The normalized spacial score (nSPS) is 16.6. The average molecular weight is 232 g/mol. The van der Waals surface area contributed by atoms with Gasteiger partial charge in [-0.15, -0.1) is 0 Å². The Labute approximate surface area is 102 Å². The summed E-state index contributed by atoms with van der Waals surface area (Å²) in [4.78, 5) is 11.9. The van der Waals surface area contributed by atoms with E-state index in [9.17, 15) is 4.79 Å². The Morgan fingerprint density at radius 1 is 1.47 bits per heavy atom. The number of anilines is 1. The molecule has 0 bridgehead atoms. The Bertz CT molecular complexity index is 424. The summed E-state index contributed by atoms with van der Waals surface area (Å²) in [5.74, 6) is 0.611. The first-order chi connectivity index (χ1) is 8.08. The van der Waals surface area contributed by atoms with Crippen molar-refractivity contribution in [1.29, 1.82) is 0 Å². The first-order valence-electron chi connectivity index (χ1n) is 6.20. The number of carbonyl (C=O) groups excluding carboxylic acids is 1. The van der Waals surface area contributed by atoms with E-state index in [4.69, 9.17) is 5.73 Å². The Balaban J connectivity index is 1.99. The van der Waals surface area contributed by atoms with Crippen molar-refractivity contribution in [2.75, 3.05) is 5.32 Å². The van der Waals surface area contributed by atoms with Gasteiger partial charge in [0, 0.05) is 5.69 Å². The fourth-order valence-electron chi connectivity index (χ4n) is 1.93. The van der Waals surface area contributed by atoms with Crippen molar-refractivity contribution < 1.29 is 4.79 Å². The summed E-state index contributed by atoms with van der Waals surface area (Å²) in [6.45, 7) is 4.05. The summed E-state index contributed by atoms with van der Waals surface area (Å²) in [5.41, 5.74) is 9.05. The highest BCUT2D eigenvalue weighted by molar-refractivity contribution is 5.95. The summed E-state index contributed by atoms with van der Waals surface area (Å²) < 4.78 is 0. The maximum absolute atomic E-state index is 11.9. The zero-order chi connectivity index (χ0) is 12.4. The molecule has 1 atom stereocenters. The molecule has 0 radical (unpaired) electrons. The highest BCUT2D eigenvalue weighted by Crippen LogP contribution is 2.33. The quantitative estimate of drug-likeness (QED) is 0.837. The van der Waals surface area contributed by atoms with Crippen LogP contribution in [0.2, 0.25) is 0 Å². The van der Waals surface area contributed by atoms with E-state index in [-0.39, 0.29) is 11.9 Å². The molecule has 17 heavy (non-hydrogen) atoms. The lowest BCUT2D eigenvalue weighted by atomic mass is 10.1. The van der Waals surface area contributed by atoms with E-state index in [1.165, 1.54) is 18.4 Å². The van der Waals surface area contributed by atoms with Crippen molar-refractivity contribution in [3.05, 3.63) is 29.3 Å². The number of hydrogen-bond donors (Lipinski definition) is 2. The Morgan fingerprint density at radius 2 is 2.18 bits per heavy atom. The van der Waals surface area contributed by atoms with Crippen LogP contribution in [0.15, 0.2) is 18.2 Å². The van der Waals surface area contributed by atoms with Crippen LogP contribution >= 0.6 is 0 Å². The molecule has 0 spiro atoms. The van der Waals surface area contributed by atoms with Gasteiger partial charge in [0.2, 0.25) is 5.91 Å². The third-order valence-corrected chi connectivity index (χ3v) is 3.48. The molecule has 3 heteroatoms. The molecule has 1 aromatic rings. The summed E-state index contributed by atoms with van der Waals surface area (Å²) in [6.07, 6.45) is 3.27. The summed E-state index contributed by atoms with van der Waals surface area (Å²) in [7, 11) is 0. The van der Waals surface area contributed by atoms with Crippen LogP contribution < -0.4 is 11.1 Å². The van der Waals surface area contributed by atoms with Crippen molar-refractivity contribution in [3.63, 3.8) is 0 Å². The smallest absolute Gasteiger partial charge is 0.241 e. The molecule has 2 rings (SSSR count). The second kappa shape index (κ2) is 4.88. The van der Waals surface area contributed by atoms with Gasteiger partial charge < -0.3 is 11.1 Å². The lowest BCUT2D eigenvalue weighted by Gasteiger charge is -2.14. The molecular formula is C14H20N2O. The van der Waals surface area contributed by atoms with E-state index in [0.717, 1.165) is 17.7 Å². The van der Waals surface area contributed by atoms with Crippen LogP contribution in [0.4, 0.5) is 5.69 Å². The number of nitrogens with one attached hydrogen (secondary N) is 1. The van der Waals surface area contributed by atoms with Crippen molar-refractivity contribution in [2.45, 2.75) is 39.2 Å². The number of benzene rings is 1. The molecule has 3 nitrogen and oxygen atoms in total. The van der Waals surface area contributed by atoms with Crippen LogP contribution in [0.1, 0.15) is 30.4 Å². The summed E-state index contributed by atoms with van der Waals surface area (Å²) >= 11 is 0. The second-order valence-corrected chi connectivity index (χ2v) is 5.02. The van der Waals surface area contributed by atoms with E-state index >= 15 is 0 Å². The number of carbonyl (C=O) groups is 1. The number of amides is 1. The fraction of sp³-hybridized carbons (Fsp3) is 0.500. The molecule has 0 heterocycles. The zero-order valence-electron chi connectivity index (χ0n) is 10.5. The first kappa shape index (κ1) is 12.1. The highest BCUT2D eigenvalue weighted by atomic mass is 16.2.